The summed E-state index contributed by atoms with van der Waals surface area (Å²) in [6, 6.07) is 2.59. The largest absolute Gasteiger partial charge is 0.573 e. The van der Waals surface area contributed by atoms with Crippen molar-refractivity contribution in [3.8, 4) is 5.75 Å². The lowest BCUT2D eigenvalue weighted by Gasteiger charge is -2.10. The van der Waals surface area contributed by atoms with Crippen LogP contribution in [0.4, 0.5) is 17.6 Å². The van der Waals surface area contributed by atoms with Crippen molar-refractivity contribution >= 4 is 11.2 Å². The standard InChI is InChI=1S/C15H12F4N4O3/c1-22-12-11(13(24)23(2)14(22)25)20-10(21-12)6-7-5-8(3-4-9(7)16)26-15(17,18)19/h3-5H,6H2,1-2H3,(H,20,21). The summed E-state index contributed by atoms with van der Waals surface area (Å²) in [7, 11) is 2.70. The lowest BCUT2D eigenvalue weighted by molar-refractivity contribution is -0.274. The van der Waals surface area contributed by atoms with E-state index in [2.05, 4.69) is 14.7 Å². The van der Waals surface area contributed by atoms with Crippen molar-refractivity contribution in [2.24, 2.45) is 14.1 Å². The molecule has 0 aliphatic heterocycles. The average molecular weight is 372 g/mol. The minimum Gasteiger partial charge on any atom is -0.406 e. The van der Waals surface area contributed by atoms with Crippen molar-refractivity contribution in [1.29, 1.82) is 0 Å². The number of aromatic amines is 1. The predicted molar refractivity (Wildman–Crippen MR) is 82.5 cm³/mol. The highest BCUT2D eigenvalue weighted by Crippen LogP contribution is 2.25. The van der Waals surface area contributed by atoms with Gasteiger partial charge in [0.25, 0.3) is 5.56 Å². The molecule has 0 spiro atoms. The lowest BCUT2D eigenvalue weighted by Crippen LogP contribution is -2.36. The van der Waals surface area contributed by atoms with Crippen LogP contribution in [0, 0.1) is 5.82 Å². The van der Waals surface area contributed by atoms with E-state index >= 15 is 0 Å². The summed E-state index contributed by atoms with van der Waals surface area (Å²) in [6.45, 7) is 0. The minimum atomic E-state index is -4.90. The van der Waals surface area contributed by atoms with E-state index in [0.29, 0.717) is 0 Å². The number of aryl methyl sites for hydroxylation is 1. The summed E-state index contributed by atoms with van der Waals surface area (Å²) >= 11 is 0. The number of ether oxygens (including phenoxy) is 1. The SMILES string of the molecule is Cn1c(=O)c2[nH]c(Cc3cc(OC(F)(F)F)ccc3F)nc2n(C)c1=O. The number of imidazole rings is 1. The summed E-state index contributed by atoms with van der Waals surface area (Å²) in [5.41, 5.74) is -1.22. The average Bonchev–Trinajstić information content (AvgIpc) is 2.97. The first-order valence-corrected chi connectivity index (χ1v) is 7.25. The van der Waals surface area contributed by atoms with Crippen LogP contribution >= 0.6 is 0 Å². The first-order chi connectivity index (χ1) is 12.1. The molecule has 1 N–H and O–H groups in total. The van der Waals surface area contributed by atoms with Crippen molar-refractivity contribution in [2.45, 2.75) is 12.8 Å². The molecular weight excluding hydrogens is 360 g/mol. The molecule has 3 aromatic rings. The number of rotatable bonds is 3. The number of nitrogens with one attached hydrogen (secondary N) is 1. The lowest BCUT2D eigenvalue weighted by atomic mass is 10.1. The second-order valence-electron chi connectivity index (χ2n) is 5.57. The number of hydrogen-bond acceptors (Lipinski definition) is 4. The van der Waals surface area contributed by atoms with Gasteiger partial charge in [0, 0.05) is 20.5 Å². The second kappa shape index (κ2) is 6.00. The number of alkyl halides is 3. The number of aromatic nitrogens is 4. The van der Waals surface area contributed by atoms with Gasteiger partial charge in [0.15, 0.2) is 5.65 Å². The molecule has 11 heteroatoms. The Morgan fingerprint density at radius 2 is 1.88 bits per heavy atom. The number of fused-ring (bicyclic) bond motifs is 1. The van der Waals surface area contributed by atoms with Crippen molar-refractivity contribution < 1.29 is 22.3 Å². The molecule has 2 aromatic heterocycles. The normalized spacial score (nSPS) is 11.9. The zero-order chi connectivity index (χ0) is 19.2. The van der Waals surface area contributed by atoms with Gasteiger partial charge in [-0.25, -0.2) is 14.2 Å². The first-order valence-electron chi connectivity index (χ1n) is 7.25. The molecule has 0 fully saturated rings. The van der Waals surface area contributed by atoms with E-state index in [1.54, 1.807) is 0 Å². The van der Waals surface area contributed by atoms with Gasteiger partial charge in [-0.3, -0.25) is 13.9 Å². The number of hydrogen-bond donors (Lipinski definition) is 1. The maximum absolute atomic E-state index is 13.9. The Kier molecular flexibility index (Phi) is 4.09. The second-order valence-corrected chi connectivity index (χ2v) is 5.57. The molecule has 2 heterocycles. The van der Waals surface area contributed by atoms with Gasteiger partial charge in [-0.1, -0.05) is 0 Å². The van der Waals surface area contributed by atoms with Crippen molar-refractivity contribution in [3.05, 3.63) is 56.2 Å². The fourth-order valence-electron chi connectivity index (χ4n) is 2.52. The molecule has 0 aliphatic carbocycles. The molecule has 0 saturated heterocycles. The number of benzene rings is 1. The first kappa shape index (κ1) is 17.7. The van der Waals surface area contributed by atoms with E-state index in [0.717, 1.165) is 27.3 Å². The Balaban J connectivity index is 2.03. The van der Waals surface area contributed by atoms with Gasteiger partial charge in [-0.2, -0.15) is 0 Å². The molecule has 0 atom stereocenters. The van der Waals surface area contributed by atoms with Gasteiger partial charge in [-0.05, 0) is 23.8 Å². The summed E-state index contributed by atoms with van der Waals surface area (Å²) < 4.78 is 56.6. The van der Waals surface area contributed by atoms with Gasteiger partial charge in [-0.15, -0.1) is 13.2 Å². The Hall–Kier alpha value is -3.11. The van der Waals surface area contributed by atoms with Crippen LogP contribution in [-0.2, 0) is 20.5 Å². The molecule has 0 bridgehead atoms. The van der Waals surface area contributed by atoms with Crippen LogP contribution < -0.4 is 16.0 Å². The van der Waals surface area contributed by atoms with Crippen LogP contribution in [0.2, 0.25) is 0 Å². The summed E-state index contributed by atoms with van der Waals surface area (Å²) in [6.07, 6.45) is -5.13. The summed E-state index contributed by atoms with van der Waals surface area (Å²) in [4.78, 5) is 30.8. The monoisotopic (exact) mass is 372 g/mol. The molecule has 0 radical (unpaired) electrons. The quantitative estimate of drug-likeness (QED) is 0.708. The molecule has 0 amide bonds. The Morgan fingerprint density at radius 1 is 1.19 bits per heavy atom. The van der Waals surface area contributed by atoms with Crippen LogP contribution in [0.25, 0.3) is 11.2 Å². The maximum Gasteiger partial charge on any atom is 0.573 e. The molecule has 1 aromatic carbocycles. The van der Waals surface area contributed by atoms with Gasteiger partial charge >= 0.3 is 12.1 Å². The van der Waals surface area contributed by atoms with Gasteiger partial charge in [0.05, 0.1) is 0 Å². The fraction of sp³-hybridized carbons (Fsp3) is 0.267. The molecular formula is C15H12F4N4O3. The van der Waals surface area contributed by atoms with Crippen LogP contribution in [0.1, 0.15) is 11.4 Å². The molecule has 3 rings (SSSR count). The number of nitrogens with zero attached hydrogens (tertiary/aromatic N) is 3. The van der Waals surface area contributed by atoms with Crippen molar-refractivity contribution in [1.82, 2.24) is 19.1 Å². The van der Waals surface area contributed by atoms with E-state index in [1.165, 1.54) is 14.1 Å². The molecule has 138 valence electrons. The third kappa shape index (κ3) is 3.19. The van der Waals surface area contributed by atoms with Gasteiger partial charge in [0.1, 0.15) is 22.9 Å². The van der Waals surface area contributed by atoms with Crippen LogP contribution in [0.5, 0.6) is 5.75 Å². The van der Waals surface area contributed by atoms with Gasteiger partial charge in [0.2, 0.25) is 0 Å². The van der Waals surface area contributed by atoms with E-state index < -0.39 is 29.2 Å². The Labute approximate surface area is 142 Å². The summed E-state index contributed by atoms with van der Waals surface area (Å²) in [5.74, 6) is -1.23. The topological polar surface area (TPSA) is 81.9 Å². The zero-order valence-corrected chi connectivity index (χ0v) is 13.5. The van der Waals surface area contributed by atoms with Crippen LogP contribution in [-0.4, -0.2) is 25.5 Å². The highest BCUT2D eigenvalue weighted by Gasteiger charge is 2.31. The third-order valence-corrected chi connectivity index (χ3v) is 3.75. The summed E-state index contributed by atoms with van der Waals surface area (Å²) in [5, 5.41) is 0. The van der Waals surface area contributed by atoms with Crippen molar-refractivity contribution in [3.63, 3.8) is 0 Å². The van der Waals surface area contributed by atoms with E-state index in [9.17, 15) is 27.2 Å². The van der Waals surface area contributed by atoms with Crippen LogP contribution in [0.3, 0.4) is 0 Å². The highest BCUT2D eigenvalue weighted by atomic mass is 19.4. The molecule has 0 aliphatic rings. The Bertz CT molecular complexity index is 1110. The smallest absolute Gasteiger partial charge is 0.406 e. The number of halogens is 4. The molecule has 26 heavy (non-hydrogen) atoms. The minimum absolute atomic E-state index is 0.0349. The molecule has 0 saturated carbocycles. The fourth-order valence-corrected chi connectivity index (χ4v) is 2.52. The number of H-pyrrole nitrogens is 1. The third-order valence-electron chi connectivity index (χ3n) is 3.75. The Morgan fingerprint density at radius 3 is 2.54 bits per heavy atom. The molecule has 0 unspecified atom stereocenters. The van der Waals surface area contributed by atoms with Crippen molar-refractivity contribution in [2.75, 3.05) is 0 Å². The predicted octanol–water partition coefficient (Wildman–Crippen LogP) is 1.59. The van der Waals surface area contributed by atoms with Gasteiger partial charge < -0.3 is 9.72 Å². The van der Waals surface area contributed by atoms with E-state index in [4.69, 9.17) is 0 Å². The molecule has 7 nitrogen and oxygen atoms in total. The zero-order valence-electron chi connectivity index (χ0n) is 13.5. The highest BCUT2D eigenvalue weighted by molar-refractivity contribution is 5.69. The van der Waals surface area contributed by atoms with E-state index in [1.807, 2.05) is 0 Å². The van der Waals surface area contributed by atoms with Crippen LogP contribution in [0.15, 0.2) is 27.8 Å². The van der Waals surface area contributed by atoms with E-state index in [-0.39, 0.29) is 29.0 Å². The maximum atomic E-state index is 13.9.